The molecule has 1 N–H and O–H groups in total. The Balaban J connectivity index is 2.37. The Bertz CT molecular complexity index is 630. The van der Waals surface area contributed by atoms with Crippen molar-refractivity contribution in [2.45, 2.75) is 6.61 Å². The normalized spacial score (nSPS) is 10.1. The van der Waals surface area contributed by atoms with Crippen LogP contribution in [0.15, 0.2) is 36.5 Å². The molecule has 0 atom stereocenters. The zero-order chi connectivity index (χ0) is 14.5. The molecule has 0 amide bonds. The second-order valence-electron chi connectivity index (χ2n) is 3.83. The predicted octanol–water partition coefficient (Wildman–Crippen LogP) is 2.28. The van der Waals surface area contributed by atoms with Gasteiger partial charge in [-0.05, 0) is 23.8 Å². The van der Waals surface area contributed by atoms with Crippen molar-refractivity contribution in [1.82, 2.24) is 4.98 Å². The Morgan fingerprint density at radius 3 is 2.80 bits per heavy atom. The number of aromatic nitrogens is 1. The van der Waals surface area contributed by atoms with Gasteiger partial charge in [0.2, 0.25) is 0 Å². The van der Waals surface area contributed by atoms with Gasteiger partial charge in [0.15, 0.2) is 11.5 Å². The van der Waals surface area contributed by atoms with Crippen molar-refractivity contribution in [2.75, 3.05) is 7.11 Å². The van der Waals surface area contributed by atoms with E-state index in [0.29, 0.717) is 11.3 Å². The fraction of sp³-hybridized carbons (Fsp3) is 0.154. The first-order valence-electron chi connectivity index (χ1n) is 5.70. The minimum absolute atomic E-state index is 0.118. The summed E-state index contributed by atoms with van der Waals surface area (Å²) in [5.41, 5.74) is 0.408. The Morgan fingerprint density at radius 2 is 2.15 bits per heavy atom. The lowest BCUT2D eigenvalue weighted by atomic mass is 10.2. The van der Waals surface area contributed by atoms with Crippen LogP contribution in [0.2, 0.25) is 0 Å². The highest BCUT2D eigenvalue weighted by Gasteiger charge is 2.18. The van der Waals surface area contributed by atoms with Crippen molar-refractivity contribution in [3.63, 3.8) is 0 Å². The molecule has 0 fully saturated rings. The number of pyridine rings is 1. The van der Waals surface area contributed by atoms with Crippen molar-refractivity contribution in [2.24, 2.45) is 0 Å². The first kappa shape index (κ1) is 13.8. The Labute approximate surface area is 114 Å². The second kappa shape index (κ2) is 5.98. The van der Waals surface area contributed by atoms with E-state index in [-0.39, 0.29) is 23.9 Å². The van der Waals surface area contributed by atoms with Crippen molar-refractivity contribution in [3.05, 3.63) is 52.2 Å². The third-order valence-electron chi connectivity index (χ3n) is 2.57. The van der Waals surface area contributed by atoms with E-state index in [1.165, 1.54) is 25.4 Å². The molecule has 1 aromatic heterocycles. The molecule has 0 spiro atoms. The maximum absolute atomic E-state index is 10.9. The summed E-state index contributed by atoms with van der Waals surface area (Å²) in [5, 5.41) is 19.9. The summed E-state index contributed by atoms with van der Waals surface area (Å²) < 4.78 is 10.6. The number of benzene rings is 1. The monoisotopic (exact) mass is 276 g/mol. The van der Waals surface area contributed by atoms with Crippen LogP contribution in [0.25, 0.3) is 0 Å². The molecule has 0 unspecified atom stereocenters. The van der Waals surface area contributed by atoms with Crippen molar-refractivity contribution in [3.8, 4) is 17.4 Å². The molecule has 7 heteroatoms. The zero-order valence-corrected chi connectivity index (χ0v) is 10.6. The minimum Gasteiger partial charge on any atom is -0.493 e. The second-order valence-corrected chi connectivity index (χ2v) is 3.83. The predicted molar refractivity (Wildman–Crippen MR) is 69.9 cm³/mol. The summed E-state index contributed by atoms with van der Waals surface area (Å²) in [4.78, 5) is 14.2. The van der Waals surface area contributed by atoms with Crippen LogP contribution in [0.1, 0.15) is 5.56 Å². The molecule has 0 radical (unpaired) electrons. The number of hydrogen-bond donors (Lipinski definition) is 1. The smallest absolute Gasteiger partial charge is 0.331 e. The Kier molecular flexibility index (Phi) is 4.11. The number of nitro groups is 1. The molecule has 0 aliphatic rings. The molecule has 7 nitrogen and oxygen atoms in total. The van der Waals surface area contributed by atoms with Crippen LogP contribution in [0.3, 0.4) is 0 Å². The van der Waals surface area contributed by atoms with Gasteiger partial charge < -0.3 is 14.6 Å². The molecule has 0 aliphatic carbocycles. The maximum atomic E-state index is 10.9. The first-order valence-corrected chi connectivity index (χ1v) is 5.70. The largest absolute Gasteiger partial charge is 0.493 e. The number of rotatable bonds is 5. The molecule has 0 saturated heterocycles. The van der Waals surface area contributed by atoms with Crippen molar-refractivity contribution in [1.29, 1.82) is 0 Å². The van der Waals surface area contributed by atoms with Crippen LogP contribution < -0.4 is 9.47 Å². The number of aliphatic hydroxyl groups is 1. The third-order valence-corrected chi connectivity index (χ3v) is 2.57. The average molecular weight is 276 g/mol. The van der Waals surface area contributed by atoms with Crippen LogP contribution >= 0.6 is 0 Å². The number of ether oxygens (including phenoxy) is 2. The van der Waals surface area contributed by atoms with Gasteiger partial charge in [0.05, 0.1) is 18.6 Å². The van der Waals surface area contributed by atoms with Gasteiger partial charge in [-0.2, -0.15) is 0 Å². The quantitative estimate of drug-likeness (QED) is 0.665. The van der Waals surface area contributed by atoms with Crippen LogP contribution in [0.4, 0.5) is 5.69 Å². The summed E-state index contributed by atoms with van der Waals surface area (Å²) in [7, 11) is 1.44. The molecule has 0 bridgehead atoms. The summed E-state index contributed by atoms with van der Waals surface area (Å²) in [6.45, 7) is -0.139. The number of methoxy groups -OCH3 is 1. The highest BCUT2D eigenvalue weighted by molar-refractivity contribution is 5.48. The van der Waals surface area contributed by atoms with Crippen LogP contribution in [0, 0.1) is 10.1 Å². The molecular weight excluding hydrogens is 264 g/mol. The van der Waals surface area contributed by atoms with E-state index in [1.807, 2.05) is 0 Å². The van der Waals surface area contributed by atoms with E-state index >= 15 is 0 Å². The minimum atomic E-state index is -0.573. The van der Waals surface area contributed by atoms with Crippen LogP contribution in [-0.4, -0.2) is 22.1 Å². The van der Waals surface area contributed by atoms with E-state index in [9.17, 15) is 10.1 Å². The SMILES string of the molecule is COc1cc(CO)ccc1Oc1ncccc1[N+](=O)[O-]. The summed E-state index contributed by atoms with van der Waals surface area (Å²) in [6, 6.07) is 7.54. The van der Waals surface area contributed by atoms with E-state index < -0.39 is 4.92 Å². The summed E-state index contributed by atoms with van der Waals surface area (Å²) in [6.07, 6.45) is 1.40. The van der Waals surface area contributed by atoms with Crippen molar-refractivity contribution >= 4 is 5.69 Å². The van der Waals surface area contributed by atoms with Gasteiger partial charge in [0.25, 0.3) is 5.88 Å². The summed E-state index contributed by atoms with van der Waals surface area (Å²) >= 11 is 0. The third kappa shape index (κ3) is 2.83. The molecule has 1 heterocycles. The van der Waals surface area contributed by atoms with Crippen LogP contribution in [-0.2, 0) is 6.61 Å². The molecule has 104 valence electrons. The standard InChI is InChI=1S/C13H12N2O5/c1-19-12-7-9(8-16)4-5-11(12)20-13-10(15(17)18)3-2-6-14-13/h2-7,16H,8H2,1H3. The number of nitrogens with zero attached hydrogens (tertiary/aromatic N) is 2. The highest BCUT2D eigenvalue weighted by Crippen LogP contribution is 2.35. The van der Waals surface area contributed by atoms with Gasteiger partial charge in [-0.1, -0.05) is 6.07 Å². The molecule has 20 heavy (non-hydrogen) atoms. The molecule has 2 aromatic rings. The summed E-state index contributed by atoms with van der Waals surface area (Å²) in [5.74, 6) is 0.524. The molecule has 0 saturated carbocycles. The molecule has 1 aromatic carbocycles. The lowest BCUT2D eigenvalue weighted by Gasteiger charge is -2.10. The highest BCUT2D eigenvalue weighted by atomic mass is 16.6. The van der Waals surface area contributed by atoms with Crippen molar-refractivity contribution < 1.29 is 19.5 Å². The lowest BCUT2D eigenvalue weighted by Crippen LogP contribution is -1.97. The lowest BCUT2D eigenvalue weighted by molar-refractivity contribution is -0.386. The average Bonchev–Trinajstić information content (AvgIpc) is 2.48. The van der Waals surface area contributed by atoms with E-state index in [1.54, 1.807) is 18.2 Å². The fourth-order valence-electron chi connectivity index (χ4n) is 1.60. The van der Waals surface area contributed by atoms with Gasteiger partial charge >= 0.3 is 5.69 Å². The van der Waals surface area contributed by atoms with Gasteiger partial charge in [0, 0.05) is 12.3 Å². The van der Waals surface area contributed by atoms with Gasteiger partial charge in [-0.3, -0.25) is 10.1 Å². The van der Waals surface area contributed by atoms with Gasteiger partial charge in [-0.25, -0.2) is 4.98 Å². The maximum Gasteiger partial charge on any atom is 0.331 e. The van der Waals surface area contributed by atoms with E-state index in [4.69, 9.17) is 14.6 Å². The molecule has 2 rings (SSSR count). The van der Waals surface area contributed by atoms with Gasteiger partial charge in [-0.15, -0.1) is 0 Å². The van der Waals surface area contributed by atoms with E-state index in [0.717, 1.165) is 0 Å². The molecular formula is C13H12N2O5. The van der Waals surface area contributed by atoms with Gasteiger partial charge in [0.1, 0.15) is 0 Å². The molecule has 0 aliphatic heterocycles. The topological polar surface area (TPSA) is 94.7 Å². The Morgan fingerprint density at radius 1 is 1.35 bits per heavy atom. The Hall–Kier alpha value is -2.67. The fourth-order valence-corrected chi connectivity index (χ4v) is 1.60. The number of aliphatic hydroxyl groups excluding tert-OH is 1. The van der Waals surface area contributed by atoms with E-state index in [2.05, 4.69) is 4.98 Å². The van der Waals surface area contributed by atoms with Crippen LogP contribution in [0.5, 0.6) is 17.4 Å². The first-order chi connectivity index (χ1) is 9.65. The number of hydrogen-bond acceptors (Lipinski definition) is 6. The zero-order valence-electron chi connectivity index (χ0n) is 10.6.